The zero-order chi connectivity index (χ0) is 32.2. The summed E-state index contributed by atoms with van der Waals surface area (Å²) >= 11 is 0. The summed E-state index contributed by atoms with van der Waals surface area (Å²) in [4.78, 5) is 13.6. The van der Waals surface area contributed by atoms with Crippen molar-refractivity contribution in [3.05, 3.63) is 0 Å². The van der Waals surface area contributed by atoms with Crippen molar-refractivity contribution in [2.24, 2.45) is 0 Å². The molecule has 3 heteroatoms. The molecule has 0 radical (unpaired) electrons. The van der Waals surface area contributed by atoms with Crippen molar-refractivity contribution >= 4 is 5.91 Å². The molecule has 2 fully saturated rings. The van der Waals surface area contributed by atoms with Gasteiger partial charge in [0.1, 0.15) is 0 Å². The molecule has 45 heavy (non-hydrogen) atoms. The Hall–Kier alpha value is -0.570. The first-order valence-corrected chi connectivity index (χ1v) is 21.3. The Kier molecular flexibility index (Phi) is 24.7. The zero-order valence-corrected chi connectivity index (χ0v) is 31.1. The van der Waals surface area contributed by atoms with E-state index >= 15 is 0 Å². The van der Waals surface area contributed by atoms with Crippen molar-refractivity contribution in [1.82, 2.24) is 10.6 Å². The van der Waals surface area contributed by atoms with E-state index in [9.17, 15) is 4.79 Å². The normalized spacial score (nSPS) is 17.3. The smallest absolute Gasteiger partial charge is 0.241 e. The molecular weight excluding hydrogens is 548 g/mol. The maximum atomic E-state index is 13.6. The Morgan fingerprint density at radius 3 is 1.02 bits per heavy atom. The van der Waals surface area contributed by atoms with Crippen LogP contribution in [0, 0.1) is 0 Å². The number of hydrogen-bond acceptors (Lipinski definition) is 2. The fourth-order valence-corrected chi connectivity index (χ4v) is 8.36. The lowest BCUT2D eigenvalue weighted by Gasteiger charge is -2.36. The third-order valence-electron chi connectivity index (χ3n) is 11.4. The number of amides is 1. The standard InChI is InChI=1S/C42H82N2O/c1-3-5-7-9-11-13-15-17-19-21-23-25-27-29-32-36-41(40(45)43-42(44-41)38-34-31-35-39-42)37-33-30-28-26-24-22-20-18-16-14-12-10-8-6-4-2/h44H,3-39H2,1-2H3,(H,43,45). The third-order valence-corrected chi connectivity index (χ3v) is 11.4. The van der Waals surface area contributed by atoms with E-state index in [1.165, 1.54) is 212 Å². The topological polar surface area (TPSA) is 41.1 Å². The fourth-order valence-electron chi connectivity index (χ4n) is 8.36. The number of hydrogen-bond donors (Lipinski definition) is 2. The third kappa shape index (κ3) is 19.1. The van der Waals surface area contributed by atoms with Crippen LogP contribution < -0.4 is 10.6 Å². The summed E-state index contributed by atoms with van der Waals surface area (Å²) in [7, 11) is 0. The van der Waals surface area contributed by atoms with E-state index in [0.717, 1.165) is 25.7 Å². The summed E-state index contributed by atoms with van der Waals surface area (Å²) in [5, 5.41) is 7.52. The molecule has 0 bridgehead atoms. The summed E-state index contributed by atoms with van der Waals surface area (Å²) in [6.45, 7) is 4.60. The Morgan fingerprint density at radius 1 is 0.422 bits per heavy atom. The highest BCUT2D eigenvalue weighted by atomic mass is 16.2. The van der Waals surface area contributed by atoms with Crippen LogP contribution in [-0.4, -0.2) is 17.1 Å². The number of nitrogens with one attached hydrogen (secondary N) is 2. The van der Waals surface area contributed by atoms with Crippen LogP contribution in [0.1, 0.15) is 251 Å². The van der Waals surface area contributed by atoms with Gasteiger partial charge in [0.15, 0.2) is 0 Å². The van der Waals surface area contributed by atoms with Crippen LogP contribution in [-0.2, 0) is 4.79 Å². The van der Waals surface area contributed by atoms with Crippen LogP contribution >= 0.6 is 0 Å². The SMILES string of the molecule is CCCCCCCCCCCCCCCCCC1(CCCCCCCCCCCCCCCCC)NC2(CCCCC2)NC1=O. The van der Waals surface area contributed by atoms with E-state index in [2.05, 4.69) is 24.5 Å². The minimum atomic E-state index is -0.301. The molecular formula is C42H82N2O. The fraction of sp³-hybridized carbons (Fsp3) is 0.976. The second kappa shape index (κ2) is 27.4. The summed E-state index contributed by atoms with van der Waals surface area (Å²) in [6.07, 6.45) is 50.1. The van der Waals surface area contributed by atoms with E-state index < -0.39 is 0 Å². The van der Waals surface area contributed by atoms with Gasteiger partial charge >= 0.3 is 0 Å². The van der Waals surface area contributed by atoms with Gasteiger partial charge in [-0.2, -0.15) is 0 Å². The Balaban J connectivity index is 1.54. The molecule has 1 saturated heterocycles. The van der Waals surface area contributed by atoms with Gasteiger partial charge in [0.25, 0.3) is 0 Å². The molecule has 3 nitrogen and oxygen atoms in total. The van der Waals surface area contributed by atoms with Gasteiger partial charge < -0.3 is 5.32 Å². The van der Waals surface area contributed by atoms with Gasteiger partial charge in [0, 0.05) is 0 Å². The molecule has 1 aliphatic carbocycles. The van der Waals surface area contributed by atoms with Gasteiger partial charge in [0.2, 0.25) is 5.91 Å². The lowest BCUT2D eigenvalue weighted by atomic mass is 9.84. The van der Waals surface area contributed by atoms with Crippen molar-refractivity contribution < 1.29 is 4.79 Å². The van der Waals surface area contributed by atoms with Crippen LogP contribution in [0.4, 0.5) is 0 Å². The number of carbonyl (C=O) groups excluding carboxylic acids is 1. The molecule has 0 unspecified atom stereocenters. The first-order valence-electron chi connectivity index (χ1n) is 21.3. The molecule has 0 aromatic carbocycles. The van der Waals surface area contributed by atoms with E-state index in [0.29, 0.717) is 5.91 Å². The maximum absolute atomic E-state index is 13.6. The molecule has 0 aromatic rings. The van der Waals surface area contributed by atoms with Gasteiger partial charge in [-0.05, 0) is 38.5 Å². The van der Waals surface area contributed by atoms with Crippen LogP contribution in [0.3, 0.4) is 0 Å². The minimum Gasteiger partial charge on any atom is -0.336 e. The van der Waals surface area contributed by atoms with E-state index in [1.54, 1.807) is 0 Å². The van der Waals surface area contributed by atoms with Crippen LogP contribution in [0.2, 0.25) is 0 Å². The van der Waals surface area contributed by atoms with Gasteiger partial charge in [-0.3, -0.25) is 10.1 Å². The van der Waals surface area contributed by atoms with Crippen molar-refractivity contribution in [2.75, 3.05) is 0 Å². The molecule has 2 N–H and O–H groups in total. The molecule has 266 valence electrons. The van der Waals surface area contributed by atoms with Gasteiger partial charge in [-0.25, -0.2) is 0 Å². The predicted molar refractivity (Wildman–Crippen MR) is 199 cm³/mol. The monoisotopic (exact) mass is 631 g/mol. The van der Waals surface area contributed by atoms with Gasteiger partial charge in [0.05, 0.1) is 11.2 Å². The Labute approximate surface area is 283 Å². The van der Waals surface area contributed by atoms with Crippen molar-refractivity contribution in [1.29, 1.82) is 0 Å². The number of carbonyl (C=O) groups is 1. The molecule has 2 rings (SSSR count). The molecule has 0 atom stereocenters. The van der Waals surface area contributed by atoms with Crippen molar-refractivity contribution in [3.63, 3.8) is 0 Å². The average molecular weight is 631 g/mol. The van der Waals surface area contributed by atoms with Gasteiger partial charge in [-0.15, -0.1) is 0 Å². The van der Waals surface area contributed by atoms with Crippen molar-refractivity contribution in [2.45, 2.75) is 263 Å². The van der Waals surface area contributed by atoms with Gasteiger partial charge in [-0.1, -0.05) is 213 Å². The van der Waals surface area contributed by atoms with Crippen LogP contribution in [0.25, 0.3) is 0 Å². The number of rotatable bonds is 32. The van der Waals surface area contributed by atoms with E-state index in [4.69, 9.17) is 0 Å². The maximum Gasteiger partial charge on any atom is 0.241 e. The first-order chi connectivity index (χ1) is 22.2. The highest BCUT2D eigenvalue weighted by Gasteiger charge is 2.52. The molecule has 1 spiro atoms. The largest absolute Gasteiger partial charge is 0.336 e. The molecule has 0 aromatic heterocycles. The number of unbranched alkanes of at least 4 members (excludes halogenated alkanes) is 28. The Morgan fingerprint density at radius 2 is 0.711 bits per heavy atom. The summed E-state index contributed by atoms with van der Waals surface area (Å²) in [6, 6.07) is 0. The first kappa shape index (κ1) is 40.6. The highest BCUT2D eigenvalue weighted by molar-refractivity contribution is 5.89. The molecule has 1 aliphatic heterocycles. The van der Waals surface area contributed by atoms with E-state index in [-0.39, 0.29) is 11.2 Å². The molecule has 1 amide bonds. The van der Waals surface area contributed by atoms with Crippen LogP contribution in [0.5, 0.6) is 0 Å². The minimum absolute atomic E-state index is 0.0969. The lowest BCUT2D eigenvalue weighted by Crippen LogP contribution is -2.55. The van der Waals surface area contributed by atoms with Crippen molar-refractivity contribution in [3.8, 4) is 0 Å². The molecule has 1 saturated carbocycles. The van der Waals surface area contributed by atoms with E-state index in [1.807, 2.05) is 0 Å². The quantitative estimate of drug-likeness (QED) is 0.0726. The summed E-state index contributed by atoms with van der Waals surface area (Å²) < 4.78 is 0. The lowest BCUT2D eigenvalue weighted by molar-refractivity contribution is -0.125. The molecule has 2 aliphatic rings. The highest BCUT2D eigenvalue weighted by Crippen LogP contribution is 2.37. The second-order valence-electron chi connectivity index (χ2n) is 15.7. The van der Waals surface area contributed by atoms with Crippen LogP contribution in [0.15, 0.2) is 0 Å². The predicted octanol–water partition coefficient (Wildman–Crippen LogP) is 13.6. The Bertz CT molecular complexity index is 636. The summed E-state index contributed by atoms with van der Waals surface area (Å²) in [5.41, 5.74) is -0.398. The molecule has 1 heterocycles. The summed E-state index contributed by atoms with van der Waals surface area (Å²) in [5.74, 6) is 0.333. The average Bonchev–Trinajstić information content (AvgIpc) is 3.30. The zero-order valence-electron chi connectivity index (χ0n) is 31.1. The second-order valence-corrected chi connectivity index (χ2v) is 15.7.